The number of nitrogens with zero attached hydrogens (tertiary/aromatic N) is 1. The first-order valence-electron chi connectivity index (χ1n) is 10.9. The number of ether oxygens (including phenoxy) is 2. The van der Waals surface area contributed by atoms with Gasteiger partial charge in [0.15, 0.2) is 0 Å². The van der Waals surface area contributed by atoms with E-state index in [-0.39, 0.29) is 18.1 Å². The number of amides is 1. The summed E-state index contributed by atoms with van der Waals surface area (Å²) >= 11 is 0. The summed E-state index contributed by atoms with van der Waals surface area (Å²) in [4.78, 5) is 30.4. The molecule has 7 heteroatoms. The van der Waals surface area contributed by atoms with Gasteiger partial charge in [-0.2, -0.15) is 0 Å². The van der Waals surface area contributed by atoms with Crippen LogP contribution in [0.25, 0.3) is 10.9 Å². The maximum Gasteiger partial charge on any atom is 0.356 e. The Hall–Kier alpha value is -3.32. The molecule has 1 aliphatic heterocycles. The molecule has 1 aliphatic rings. The number of aromatic nitrogens is 1. The normalized spacial score (nSPS) is 14.9. The van der Waals surface area contributed by atoms with Crippen LogP contribution >= 0.6 is 0 Å². The summed E-state index contributed by atoms with van der Waals surface area (Å²) in [5.41, 5.74) is 2.67. The van der Waals surface area contributed by atoms with Crippen LogP contribution in [0.1, 0.15) is 28.9 Å². The lowest BCUT2D eigenvalue weighted by molar-refractivity contribution is -0.117. The first-order chi connectivity index (χ1) is 15.6. The van der Waals surface area contributed by atoms with Crippen molar-refractivity contribution < 1.29 is 19.1 Å². The number of esters is 1. The molecule has 1 aromatic heterocycles. The van der Waals surface area contributed by atoms with Gasteiger partial charge in [-0.25, -0.2) is 4.79 Å². The van der Waals surface area contributed by atoms with E-state index in [4.69, 9.17) is 9.47 Å². The van der Waals surface area contributed by atoms with Gasteiger partial charge in [-0.05, 0) is 56.0 Å². The van der Waals surface area contributed by atoms with Crippen LogP contribution in [-0.4, -0.2) is 55.6 Å². The Morgan fingerprint density at radius 3 is 2.50 bits per heavy atom. The van der Waals surface area contributed by atoms with Gasteiger partial charge < -0.3 is 19.8 Å². The van der Waals surface area contributed by atoms with Gasteiger partial charge in [-0.3, -0.25) is 9.69 Å². The number of H-pyrrole nitrogens is 1. The lowest BCUT2D eigenvalue weighted by Gasteiger charge is -2.31. The molecule has 1 saturated heterocycles. The van der Waals surface area contributed by atoms with E-state index in [1.165, 1.54) is 12.7 Å². The van der Waals surface area contributed by atoms with E-state index in [2.05, 4.69) is 39.5 Å². The SMILES string of the molecule is COC(=O)c1[nH]c2cccc(OC)c2c1NC(=O)CN1CCC(Cc2ccccc2)CC1. The van der Waals surface area contributed by atoms with E-state index < -0.39 is 5.97 Å². The molecule has 168 valence electrons. The molecule has 1 amide bonds. The fourth-order valence-corrected chi connectivity index (χ4v) is 4.44. The van der Waals surface area contributed by atoms with Crippen LogP contribution in [0.15, 0.2) is 48.5 Å². The van der Waals surface area contributed by atoms with Crippen molar-refractivity contribution in [1.82, 2.24) is 9.88 Å². The minimum atomic E-state index is -0.541. The number of hydrogen-bond donors (Lipinski definition) is 2. The lowest BCUT2D eigenvalue weighted by Crippen LogP contribution is -2.39. The number of rotatable bonds is 7. The largest absolute Gasteiger partial charge is 0.496 e. The number of piperidine rings is 1. The highest BCUT2D eigenvalue weighted by molar-refractivity contribution is 6.13. The minimum absolute atomic E-state index is 0.163. The van der Waals surface area contributed by atoms with E-state index in [9.17, 15) is 9.59 Å². The maximum absolute atomic E-state index is 12.9. The zero-order valence-electron chi connectivity index (χ0n) is 18.5. The Balaban J connectivity index is 1.42. The molecule has 4 rings (SSSR count). The van der Waals surface area contributed by atoms with Crippen LogP contribution in [0, 0.1) is 5.92 Å². The summed E-state index contributed by atoms with van der Waals surface area (Å²) in [6, 6.07) is 16.0. The van der Waals surface area contributed by atoms with Crippen LogP contribution in [0.2, 0.25) is 0 Å². The number of hydrogen-bond acceptors (Lipinski definition) is 5. The third-order valence-electron chi connectivity index (χ3n) is 6.10. The van der Waals surface area contributed by atoms with E-state index in [0.29, 0.717) is 28.3 Å². The van der Waals surface area contributed by atoms with E-state index in [1.54, 1.807) is 13.2 Å². The highest BCUT2D eigenvalue weighted by Gasteiger charge is 2.25. The number of carbonyl (C=O) groups is 2. The molecule has 0 unspecified atom stereocenters. The maximum atomic E-state index is 12.9. The molecular weight excluding hydrogens is 406 g/mol. The van der Waals surface area contributed by atoms with Crippen molar-refractivity contribution in [2.24, 2.45) is 5.92 Å². The Morgan fingerprint density at radius 1 is 1.06 bits per heavy atom. The monoisotopic (exact) mass is 435 g/mol. The average molecular weight is 436 g/mol. The second-order valence-electron chi connectivity index (χ2n) is 8.21. The molecule has 0 spiro atoms. The number of anilines is 1. The quantitative estimate of drug-likeness (QED) is 0.551. The highest BCUT2D eigenvalue weighted by Crippen LogP contribution is 2.35. The number of methoxy groups -OCH3 is 2. The molecule has 0 saturated carbocycles. The van der Waals surface area contributed by atoms with Gasteiger partial charge in [0.25, 0.3) is 0 Å². The van der Waals surface area contributed by atoms with Gasteiger partial charge in [0.05, 0.1) is 37.4 Å². The summed E-state index contributed by atoms with van der Waals surface area (Å²) < 4.78 is 10.4. The molecule has 0 aliphatic carbocycles. The Bertz CT molecular complexity index is 1090. The van der Waals surface area contributed by atoms with Crippen LogP contribution in [0.5, 0.6) is 5.75 Å². The van der Waals surface area contributed by atoms with Crippen LogP contribution in [0.4, 0.5) is 5.69 Å². The summed E-state index contributed by atoms with van der Waals surface area (Å²) in [7, 11) is 2.88. The molecule has 0 atom stereocenters. The second kappa shape index (κ2) is 9.87. The van der Waals surface area contributed by atoms with E-state index >= 15 is 0 Å². The molecular formula is C25H29N3O4. The van der Waals surface area contributed by atoms with Crippen molar-refractivity contribution in [3.8, 4) is 5.75 Å². The van der Waals surface area contributed by atoms with Gasteiger partial charge >= 0.3 is 5.97 Å². The lowest BCUT2D eigenvalue weighted by atomic mass is 9.90. The molecule has 0 bridgehead atoms. The standard InChI is InChI=1S/C25H29N3O4/c1-31-20-10-6-9-19-22(20)23(24(26-19)25(30)32-2)27-21(29)16-28-13-11-18(12-14-28)15-17-7-4-3-5-8-17/h3-10,18,26H,11-16H2,1-2H3,(H,27,29). The smallest absolute Gasteiger partial charge is 0.356 e. The number of likely N-dealkylation sites (tertiary alicyclic amines) is 1. The second-order valence-corrected chi connectivity index (χ2v) is 8.21. The molecule has 2 aromatic carbocycles. The molecule has 7 nitrogen and oxygen atoms in total. The van der Waals surface area contributed by atoms with Gasteiger partial charge in [0.1, 0.15) is 11.4 Å². The van der Waals surface area contributed by atoms with Crippen molar-refractivity contribution >= 4 is 28.5 Å². The van der Waals surface area contributed by atoms with Gasteiger partial charge in [-0.1, -0.05) is 36.4 Å². The van der Waals surface area contributed by atoms with Crippen molar-refractivity contribution in [2.75, 3.05) is 39.2 Å². The Labute approximate surface area is 187 Å². The number of aromatic amines is 1. The molecule has 2 heterocycles. The van der Waals surface area contributed by atoms with Crippen LogP contribution < -0.4 is 10.1 Å². The Morgan fingerprint density at radius 2 is 1.81 bits per heavy atom. The van der Waals surface area contributed by atoms with Gasteiger partial charge in [0, 0.05) is 0 Å². The van der Waals surface area contributed by atoms with Crippen molar-refractivity contribution in [2.45, 2.75) is 19.3 Å². The third kappa shape index (κ3) is 4.78. The number of fused-ring (bicyclic) bond motifs is 1. The van der Waals surface area contributed by atoms with Crippen molar-refractivity contribution in [3.05, 3.63) is 59.8 Å². The molecule has 1 fully saturated rings. The molecule has 32 heavy (non-hydrogen) atoms. The predicted molar refractivity (Wildman–Crippen MR) is 124 cm³/mol. The number of nitrogens with one attached hydrogen (secondary N) is 2. The first kappa shape index (κ1) is 21.9. The Kier molecular flexibility index (Phi) is 6.75. The summed E-state index contributed by atoms with van der Waals surface area (Å²) in [6.45, 7) is 2.04. The summed E-state index contributed by atoms with van der Waals surface area (Å²) in [5.74, 6) is 0.509. The van der Waals surface area contributed by atoms with Crippen LogP contribution in [-0.2, 0) is 16.0 Å². The average Bonchev–Trinajstić information content (AvgIpc) is 3.19. The van der Waals surface area contributed by atoms with E-state index in [0.717, 1.165) is 32.4 Å². The highest BCUT2D eigenvalue weighted by atomic mass is 16.5. The fourth-order valence-electron chi connectivity index (χ4n) is 4.44. The minimum Gasteiger partial charge on any atom is -0.496 e. The summed E-state index contributed by atoms with van der Waals surface area (Å²) in [5, 5.41) is 3.59. The van der Waals surface area contributed by atoms with Crippen molar-refractivity contribution in [1.29, 1.82) is 0 Å². The van der Waals surface area contributed by atoms with E-state index in [1.807, 2.05) is 18.2 Å². The molecule has 3 aromatic rings. The number of benzene rings is 2. The first-order valence-corrected chi connectivity index (χ1v) is 10.9. The predicted octanol–water partition coefficient (Wildman–Crippen LogP) is 3.86. The topological polar surface area (TPSA) is 83.7 Å². The van der Waals surface area contributed by atoms with Crippen LogP contribution in [0.3, 0.4) is 0 Å². The van der Waals surface area contributed by atoms with Crippen molar-refractivity contribution in [3.63, 3.8) is 0 Å². The zero-order valence-corrected chi connectivity index (χ0v) is 18.5. The van der Waals surface area contributed by atoms with Gasteiger partial charge in [-0.15, -0.1) is 0 Å². The summed E-state index contributed by atoms with van der Waals surface area (Å²) in [6.07, 6.45) is 3.21. The molecule has 2 N–H and O–H groups in total. The van der Waals surface area contributed by atoms with Gasteiger partial charge in [0.2, 0.25) is 5.91 Å². The third-order valence-corrected chi connectivity index (χ3v) is 6.10. The number of carbonyl (C=O) groups excluding carboxylic acids is 2. The molecule has 0 radical (unpaired) electrons. The zero-order chi connectivity index (χ0) is 22.5. The fraction of sp³-hybridized carbons (Fsp3) is 0.360.